The maximum atomic E-state index is 12.6. The largest absolute Gasteiger partial charge is 0.393 e. The van der Waals surface area contributed by atoms with Crippen LogP contribution in [-0.2, 0) is 13.5 Å². The summed E-state index contributed by atoms with van der Waals surface area (Å²) in [7, 11) is 1.65. The zero-order valence-corrected chi connectivity index (χ0v) is 11.1. The van der Waals surface area contributed by atoms with Gasteiger partial charge in [-0.25, -0.2) is 0 Å². The first-order chi connectivity index (χ1) is 8.70. The average molecular weight is 290 g/mol. The molecule has 0 aliphatic carbocycles. The molecule has 1 aromatic carbocycles. The Labute approximate surface area is 112 Å². The standard InChI is InChI=1S/C13H11ClF3NO/c1-7(19)9-6-18(2)12-10(14)4-3-8(11(9)12)5-13(15,16)17/h3-4,6H,5H2,1-2H3. The minimum absolute atomic E-state index is 0.0673. The van der Waals surface area contributed by atoms with Gasteiger partial charge in [0, 0.05) is 24.2 Å². The predicted octanol–water partition coefficient (Wildman–Crippen LogP) is 4.14. The van der Waals surface area contributed by atoms with E-state index in [2.05, 4.69) is 0 Å². The highest BCUT2D eigenvalue weighted by Gasteiger charge is 2.30. The monoisotopic (exact) mass is 289 g/mol. The van der Waals surface area contributed by atoms with Gasteiger partial charge in [-0.3, -0.25) is 4.79 Å². The summed E-state index contributed by atoms with van der Waals surface area (Å²) >= 11 is 6.01. The van der Waals surface area contributed by atoms with Crippen LogP contribution in [0.25, 0.3) is 10.9 Å². The molecule has 1 aromatic heterocycles. The van der Waals surface area contributed by atoms with Crippen molar-refractivity contribution in [3.63, 3.8) is 0 Å². The first kappa shape index (κ1) is 13.9. The lowest BCUT2D eigenvalue weighted by Crippen LogP contribution is -2.12. The van der Waals surface area contributed by atoms with Crippen LogP contribution in [0.2, 0.25) is 5.02 Å². The summed E-state index contributed by atoms with van der Waals surface area (Å²) < 4.78 is 39.3. The number of benzene rings is 1. The minimum Gasteiger partial charge on any atom is -0.349 e. The fraction of sp³-hybridized carbons (Fsp3) is 0.308. The molecular formula is C13H11ClF3NO. The molecule has 0 spiro atoms. The van der Waals surface area contributed by atoms with Crippen LogP contribution in [-0.4, -0.2) is 16.5 Å². The van der Waals surface area contributed by atoms with Gasteiger partial charge >= 0.3 is 6.18 Å². The molecule has 2 nitrogen and oxygen atoms in total. The number of hydrogen-bond acceptors (Lipinski definition) is 1. The summed E-state index contributed by atoms with van der Waals surface area (Å²) in [5.74, 6) is -0.281. The molecule has 0 bridgehead atoms. The Hall–Kier alpha value is -1.49. The van der Waals surface area contributed by atoms with Crippen LogP contribution in [0.3, 0.4) is 0 Å². The van der Waals surface area contributed by atoms with Crippen molar-refractivity contribution in [1.29, 1.82) is 0 Å². The number of carbonyl (C=O) groups is 1. The van der Waals surface area contributed by atoms with Crippen LogP contribution in [0.4, 0.5) is 13.2 Å². The second-order valence-electron chi connectivity index (χ2n) is 4.43. The van der Waals surface area contributed by atoms with E-state index in [1.54, 1.807) is 11.6 Å². The van der Waals surface area contributed by atoms with Gasteiger partial charge in [0.2, 0.25) is 0 Å². The van der Waals surface area contributed by atoms with Gasteiger partial charge in [0.25, 0.3) is 0 Å². The van der Waals surface area contributed by atoms with Crippen molar-refractivity contribution < 1.29 is 18.0 Å². The van der Waals surface area contributed by atoms with Crippen LogP contribution in [0.15, 0.2) is 18.3 Å². The molecule has 6 heteroatoms. The molecule has 0 N–H and O–H groups in total. The van der Waals surface area contributed by atoms with Crippen LogP contribution < -0.4 is 0 Å². The molecule has 0 amide bonds. The van der Waals surface area contributed by atoms with Crippen molar-refractivity contribution in [3.05, 3.63) is 34.5 Å². The Morgan fingerprint density at radius 2 is 2.00 bits per heavy atom. The number of hydrogen-bond donors (Lipinski definition) is 0. The van der Waals surface area contributed by atoms with Gasteiger partial charge in [0.15, 0.2) is 5.78 Å². The predicted molar refractivity (Wildman–Crippen MR) is 67.7 cm³/mol. The average Bonchev–Trinajstić information content (AvgIpc) is 2.60. The second-order valence-corrected chi connectivity index (χ2v) is 4.84. The Balaban J connectivity index is 2.78. The molecule has 0 atom stereocenters. The Bertz CT molecular complexity index is 658. The fourth-order valence-electron chi connectivity index (χ4n) is 2.21. The lowest BCUT2D eigenvalue weighted by atomic mass is 10.0. The summed E-state index contributed by atoms with van der Waals surface area (Å²) in [4.78, 5) is 11.6. The molecule has 19 heavy (non-hydrogen) atoms. The van der Waals surface area contributed by atoms with Gasteiger partial charge in [0.1, 0.15) is 0 Å². The van der Waals surface area contributed by atoms with Crippen LogP contribution in [0.1, 0.15) is 22.8 Å². The molecular weight excluding hydrogens is 279 g/mol. The van der Waals surface area contributed by atoms with Gasteiger partial charge in [-0.2, -0.15) is 13.2 Å². The Morgan fingerprint density at radius 3 is 2.53 bits per heavy atom. The third kappa shape index (κ3) is 2.61. The number of ketones is 1. The summed E-state index contributed by atoms with van der Waals surface area (Å²) in [5.41, 5.74) is 0.783. The first-order valence-electron chi connectivity index (χ1n) is 5.55. The SMILES string of the molecule is CC(=O)c1cn(C)c2c(Cl)ccc(CC(F)(F)F)c12. The van der Waals surface area contributed by atoms with E-state index in [-0.39, 0.29) is 16.9 Å². The molecule has 0 aliphatic rings. The first-order valence-corrected chi connectivity index (χ1v) is 5.92. The van der Waals surface area contributed by atoms with E-state index < -0.39 is 12.6 Å². The number of fused-ring (bicyclic) bond motifs is 1. The van der Waals surface area contributed by atoms with Crippen molar-refractivity contribution in [3.8, 4) is 0 Å². The molecule has 1 heterocycles. The maximum Gasteiger partial charge on any atom is 0.393 e. The quantitative estimate of drug-likeness (QED) is 0.762. The number of alkyl halides is 3. The topological polar surface area (TPSA) is 22.0 Å². The highest BCUT2D eigenvalue weighted by molar-refractivity contribution is 6.35. The Morgan fingerprint density at radius 1 is 1.37 bits per heavy atom. The molecule has 0 saturated heterocycles. The van der Waals surface area contributed by atoms with Crippen LogP contribution in [0.5, 0.6) is 0 Å². The fourth-order valence-corrected chi connectivity index (χ4v) is 2.50. The molecule has 0 saturated carbocycles. The van der Waals surface area contributed by atoms with Crippen molar-refractivity contribution in [2.24, 2.45) is 7.05 Å². The van der Waals surface area contributed by atoms with Crippen molar-refractivity contribution in [2.45, 2.75) is 19.5 Å². The molecule has 0 aliphatic heterocycles. The summed E-state index contributed by atoms with van der Waals surface area (Å²) in [6.45, 7) is 1.33. The number of aromatic nitrogens is 1. The number of nitrogens with zero attached hydrogens (tertiary/aromatic N) is 1. The van der Waals surface area contributed by atoms with E-state index in [1.165, 1.54) is 25.3 Å². The third-order valence-electron chi connectivity index (χ3n) is 2.93. The van der Waals surface area contributed by atoms with Gasteiger partial charge in [0.05, 0.1) is 17.0 Å². The highest BCUT2D eigenvalue weighted by atomic mass is 35.5. The van der Waals surface area contributed by atoms with Gasteiger partial charge in [-0.05, 0) is 18.6 Å². The number of halogens is 4. The van der Waals surface area contributed by atoms with Crippen LogP contribution >= 0.6 is 11.6 Å². The molecule has 2 rings (SSSR count). The number of carbonyl (C=O) groups excluding carboxylic acids is 1. The molecule has 0 fully saturated rings. The van der Waals surface area contributed by atoms with Crippen molar-refractivity contribution in [2.75, 3.05) is 0 Å². The molecule has 0 unspecified atom stereocenters. The third-order valence-corrected chi connectivity index (χ3v) is 3.23. The van der Waals surface area contributed by atoms with Gasteiger partial charge in [-0.1, -0.05) is 17.7 Å². The Kier molecular flexibility index (Phi) is 3.34. The second kappa shape index (κ2) is 4.56. The summed E-state index contributed by atoms with van der Waals surface area (Å²) in [5, 5.41) is 0.621. The number of rotatable bonds is 2. The smallest absolute Gasteiger partial charge is 0.349 e. The number of Topliss-reactive ketones (excluding diaryl/α,β-unsaturated/α-hetero) is 1. The summed E-state index contributed by atoms with van der Waals surface area (Å²) in [6, 6.07) is 2.75. The van der Waals surface area contributed by atoms with Crippen molar-refractivity contribution in [1.82, 2.24) is 4.57 Å². The summed E-state index contributed by atoms with van der Waals surface area (Å²) in [6.07, 6.45) is -3.89. The molecule has 2 aromatic rings. The van der Waals surface area contributed by atoms with Crippen LogP contribution in [0, 0.1) is 0 Å². The minimum atomic E-state index is -4.33. The van der Waals surface area contributed by atoms with E-state index >= 15 is 0 Å². The van der Waals surface area contributed by atoms with Gasteiger partial charge in [-0.15, -0.1) is 0 Å². The van der Waals surface area contributed by atoms with E-state index in [4.69, 9.17) is 11.6 Å². The molecule has 0 radical (unpaired) electrons. The maximum absolute atomic E-state index is 12.6. The van der Waals surface area contributed by atoms with E-state index in [9.17, 15) is 18.0 Å². The zero-order valence-electron chi connectivity index (χ0n) is 10.3. The van der Waals surface area contributed by atoms with Crippen molar-refractivity contribution >= 4 is 28.3 Å². The van der Waals surface area contributed by atoms with E-state index in [0.29, 0.717) is 15.9 Å². The lowest BCUT2D eigenvalue weighted by Gasteiger charge is -2.10. The molecule has 102 valence electrons. The highest BCUT2D eigenvalue weighted by Crippen LogP contribution is 2.34. The van der Waals surface area contributed by atoms with E-state index in [1.807, 2.05) is 0 Å². The zero-order chi connectivity index (χ0) is 14.4. The normalized spacial score (nSPS) is 12.1. The van der Waals surface area contributed by atoms with Gasteiger partial charge < -0.3 is 4.57 Å². The lowest BCUT2D eigenvalue weighted by molar-refractivity contribution is -0.127. The van der Waals surface area contributed by atoms with E-state index in [0.717, 1.165) is 0 Å². The number of aryl methyl sites for hydroxylation is 1.